The summed E-state index contributed by atoms with van der Waals surface area (Å²) in [6, 6.07) is 4.90. The molecule has 7 heteroatoms. The van der Waals surface area contributed by atoms with Crippen LogP contribution in [0.15, 0.2) is 24.3 Å². The number of amides is 2. The SMILES string of the molecule is CC(=O)N(CCNC(=O)CC(C)C)c1ccccc1C(F)(F)F. The van der Waals surface area contributed by atoms with Crippen LogP contribution in [0, 0.1) is 5.92 Å². The smallest absolute Gasteiger partial charge is 0.354 e. The van der Waals surface area contributed by atoms with Crippen molar-refractivity contribution in [2.75, 3.05) is 18.0 Å². The van der Waals surface area contributed by atoms with E-state index in [1.54, 1.807) is 0 Å². The van der Waals surface area contributed by atoms with E-state index in [2.05, 4.69) is 5.32 Å². The second-order valence-electron chi connectivity index (χ2n) is 5.63. The second-order valence-corrected chi connectivity index (χ2v) is 5.63. The molecule has 0 saturated heterocycles. The van der Waals surface area contributed by atoms with Gasteiger partial charge in [-0.25, -0.2) is 0 Å². The lowest BCUT2D eigenvalue weighted by molar-refractivity contribution is -0.137. The molecule has 2 amide bonds. The van der Waals surface area contributed by atoms with E-state index in [4.69, 9.17) is 0 Å². The summed E-state index contributed by atoms with van der Waals surface area (Å²) in [5.41, 5.74) is -1.07. The topological polar surface area (TPSA) is 49.4 Å². The molecule has 0 aliphatic heterocycles. The predicted molar refractivity (Wildman–Crippen MR) is 81.9 cm³/mol. The number of benzene rings is 1. The van der Waals surface area contributed by atoms with E-state index >= 15 is 0 Å². The average molecular weight is 330 g/mol. The molecule has 0 aliphatic rings. The zero-order chi connectivity index (χ0) is 17.6. The minimum atomic E-state index is -4.55. The Morgan fingerprint density at radius 1 is 1.22 bits per heavy atom. The van der Waals surface area contributed by atoms with Crippen LogP contribution in [0.5, 0.6) is 0 Å². The third-order valence-corrected chi connectivity index (χ3v) is 3.13. The number of halogens is 3. The number of para-hydroxylation sites is 1. The van der Waals surface area contributed by atoms with Crippen molar-refractivity contribution in [1.29, 1.82) is 0 Å². The fourth-order valence-electron chi connectivity index (χ4n) is 2.15. The molecule has 1 aromatic carbocycles. The fourth-order valence-corrected chi connectivity index (χ4v) is 2.15. The lowest BCUT2D eigenvalue weighted by Crippen LogP contribution is -2.38. The Morgan fingerprint density at radius 3 is 2.35 bits per heavy atom. The number of hydrogen-bond acceptors (Lipinski definition) is 2. The Morgan fingerprint density at radius 2 is 1.83 bits per heavy atom. The van der Waals surface area contributed by atoms with E-state index in [9.17, 15) is 22.8 Å². The quantitative estimate of drug-likeness (QED) is 0.871. The maximum absolute atomic E-state index is 13.1. The summed E-state index contributed by atoms with van der Waals surface area (Å²) < 4.78 is 39.2. The highest BCUT2D eigenvalue weighted by atomic mass is 19.4. The van der Waals surface area contributed by atoms with Crippen LogP contribution in [0.1, 0.15) is 32.8 Å². The van der Waals surface area contributed by atoms with Crippen molar-refractivity contribution < 1.29 is 22.8 Å². The van der Waals surface area contributed by atoms with Crippen molar-refractivity contribution in [1.82, 2.24) is 5.32 Å². The summed E-state index contributed by atoms with van der Waals surface area (Å²) in [7, 11) is 0. The minimum Gasteiger partial charge on any atom is -0.354 e. The first kappa shape index (κ1) is 19.0. The molecule has 0 unspecified atom stereocenters. The van der Waals surface area contributed by atoms with Crippen LogP contribution in [-0.2, 0) is 15.8 Å². The van der Waals surface area contributed by atoms with Crippen molar-refractivity contribution >= 4 is 17.5 Å². The third kappa shape index (κ3) is 5.92. The molecule has 4 nitrogen and oxygen atoms in total. The number of nitrogens with zero attached hydrogens (tertiary/aromatic N) is 1. The Bertz CT molecular complexity index is 557. The maximum Gasteiger partial charge on any atom is 0.418 e. The van der Waals surface area contributed by atoms with Gasteiger partial charge in [0.05, 0.1) is 11.3 Å². The standard InChI is InChI=1S/C16H21F3N2O2/c1-11(2)10-15(23)20-8-9-21(12(3)22)14-7-5-4-6-13(14)16(17,18)19/h4-7,11H,8-10H2,1-3H3,(H,20,23). The van der Waals surface area contributed by atoms with Gasteiger partial charge in [-0.1, -0.05) is 26.0 Å². The van der Waals surface area contributed by atoms with Gasteiger partial charge in [0.1, 0.15) is 0 Å². The van der Waals surface area contributed by atoms with E-state index in [1.165, 1.54) is 25.1 Å². The normalized spacial score (nSPS) is 11.4. The highest BCUT2D eigenvalue weighted by Crippen LogP contribution is 2.36. The first-order chi connectivity index (χ1) is 10.6. The van der Waals surface area contributed by atoms with Crippen LogP contribution in [0.4, 0.5) is 18.9 Å². The van der Waals surface area contributed by atoms with Gasteiger partial charge in [-0.05, 0) is 18.1 Å². The van der Waals surface area contributed by atoms with E-state index < -0.39 is 17.6 Å². The molecule has 0 aliphatic carbocycles. The van der Waals surface area contributed by atoms with Crippen LogP contribution in [0.2, 0.25) is 0 Å². The van der Waals surface area contributed by atoms with Crippen molar-refractivity contribution in [2.24, 2.45) is 5.92 Å². The van der Waals surface area contributed by atoms with E-state index in [-0.39, 0.29) is 30.6 Å². The molecule has 0 spiro atoms. The number of carbonyl (C=O) groups is 2. The molecule has 23 heavy (non-hydrogen) atoms. The van der Waals surface area contributed by atoms with Crippen molar-refractivity contribution in [3.05, 3.63) is 29.8 Å². The minimum absolute atomic E-state index is 0.0216. The molecule has 0 aromatic heterocycles. The Hall–Kier alpha value is -2.05. The first-order valence-electron chi connectivity index (χ1n) is 7.34. The van der Waals surface area contributed by atoms with Gasteiger partial charge in [0.2, 0.25) is 11.8 Å². The molecule has 0 radical (unpaired) electrons. The molecule has 0 atom stereocenters. The van der Waals surface area contributed by atoms with Crippen molar-refractivity contribution in [2.45, 2.75) is 33.4 Å². The zero-order valence-corrected chi connectivity index (χ0v) is 13.4. The average Bonchev–Trinajstić information content (AvgIpc) is 2.41. The molecule has 0 bridgehead atoms. The first-order valence-corrected chi connectivity index (χ1v) is 7.34. The van der Waals surface area contributed by atoms with Gasteiger partial charge in [0.15, 0.2) is 0 Å². The predicted octanol–water partition coefficient (Wildman–Crippen LogP) is 3.22. The molecular weight excluding hydrogens is 309 g/mol. The summed E-state index contributed by atoms with van der Waals surface area (Å²) in [5, 5.41) is 2.61. The Balaban J connectivity index is 2.85. The third-order valence-electron chi connectivity index (χ3n) is 3.13. The van der Waals surface area contributed by atoms with E-state index in [0.29, 0.717) is 6.42 Å². The molecule has 1 rings (SSSR count). The second kappa shape index (κ2) is 7.99. The zero-order valence-electron chi connectivity index (χ0n) is 13.4. The van der Waals surface area contributed by atoms with Gasteiger partial charge in [-0.2, -0.15) is 13.2 Å². The van der Waals surface area contributed by atoms with E-state index in [0.717, 1.165) is 11.0 Å². The van der Waals surface area contributed by atoms with Gasteiger partial charge in [-0.15, -0.1) is 0 Å². The Kier molecular flexibility index (Phi) is 6.60. The number of rotatable bonds is 6. The van der Waals surface area contributed by atoms with Gasteiger partial charge in [-0.3, -0.25) is 9.59 Å². The van der Waals surface area contributed by atoms with Crippen LogP contribution in [0.25, 0.3) is 0 Å². The van der Waals surface area contributed by atoms with E-state index in [1.807, 2.05) is 13.8 Å². The highest BCUT2D eigenvalue weighted by molar-refractivity contribution is 5.92. The molecule has 1 aromatic rings. The number of nitrogens with one attached hydrogen (secondary N) is 1. The van der Waals surface area contributed by atoms with Gasteiger partial charge >= 0.3 is 6.18 Å². The van der Waals surface area contributed by atoms with Crippen LogP contribution in [-0.4, -0.2) is 24.9 Å². The number of hydrogen-bond donors (Lipinski definition) is 1. The summed E-state index contributed by atoms with van der Waals surface area (Å²) in [5.74, 6) is -0.516. The summed E-state index contributed by atoms with van der Waals surface area (Å²) in [6.45, 7) is 5.05. The van der Waals surface area contributed by atoms with Crippen LogP contribution < -0.4 is 10.2 Å². The number of carbonyl (C=O) groups excluding carboxylic acids is 2. The fraction of sp³-hybridized carbons (Fsp3) is 0.500. The van der Waals surface area contributed by atoms with Gasteiger partial charge in [0, 0.05) is 26.4 Å². The maximum atomic E-state index is 13.1. The summed E-state index contributed by atoms with van der Waals surface area (Å²) in [6.07, 6.45) is -4.22. The van der Waals surface area contributed by atoms with Crippen molar-refractivity contribution in [3.8, 4) is 0 Å². The van der Waals surface area contributed by atoms with Gasteiger partial charge < -0.3 is 10.2 Å². The largest absolute Gasteiger partial charge is 0.418 e. The molecule has 128 valence electrons. The summed E-state index contributed by atoms with van der Waals surface area (Å²) >= 11 is 0. The molecular formula is C16H21F3N2O2. The molecule has 0 saturated carbocycles. The monoisotopic (exact) mass is 330 g/mol. The van der Waals surface area contributed by atoms with Gasteiger partial charge in [0.25, 0.3) is 0 Å². The summed E-state index contributed by atoms with van der Waals surface area (Å²) in [4.78, 5) is 24.3. The number of anilines is 1. The Labute approximate surface area is 133 Å². The highest BCUT2D eigenvalue weighted by Gasteiger charge is 2.35. The lowest BCUT2D eigenvalue weighted by atomic mass is 10.1. The molecule has 0 fully saturated rings. The molecule has 1 N–H and O–H groups in total. The van der Waals surface area contributed by atoms with Crippen molar-refractivity contribution in [3.63, 3.8) is 0 Å². The van der Waals surface area contributed by atoms with Crippen LogP contribution in [0.3, 0.4) is 0 Å². The molecule has 0 heterocycles. The van der Waals surface area contributed by atoms with Crippen LogP contribution >= 0.6 is 0 Å². The number of alkyl halides is 3. The lowest BCUT2D eigenvalue weighted by Gasteiger charge is -2.25.